The van der Waals surface area contributed by atoms with Crippen molar-refractivity contribution in [3.05, 3.63) is 47.5 Å². The van der Waals surface area contributed by atoms with Crippen molar-refractivity contribution in [1.82, 2.24) is 20.2 Å². The summed E-state index contributed by atoms with van der Waals surface area (Å²) in [5, 5.41) is 2.89. The molecule has 3 rings (SSSR count). The summed E-state index contributed by atoms with van der Waals surface area (Å²) < 4.78 is 18.5. The summed E-state index contributed by atoms with van der Waals surface area (Å²) in [6.45, 7) is 4.64. The summed E-state index contributed by atoms with van der Waals surface area (Å²) in [5.74, 6) is 0.122. The maximum Gasteiger partial charge on any atom is 0.260 e. The molecule has 0 saturated carbocycles. The van der Waals surface area contributed by atoms with Crippen molar-refractivity contribution >= 4 is 17.8 Å². The highest BCUT2D eigenvalue weighted by atomic mass is 19.1. The number of aromatic nitrogens is 2. The molecule has 2 heterocycles. The van der Waals surface area contributed by atoms with Crippen molar-refractivity contribution in [3.63, 3.8) is 0 Å². The number of carbonyl (C=O) groups is 2. The minimum atomic E-state index is -0.361. The van der Waals surface area contributed by atoms with E-state index in [-0.39, 0.29) is 36.2 Å². The summed E-state index contributed by atoms with van der Waals surface area (Å²) in [7, 11) is 3.68. The number of amides is 2. The smallest absolute Gasteiger partial charge is 0.260 e. The predicted octanol–water partition coefficient (Wildman–Crippen LogP) is 2.21. The highest BCUT2D eigenvalue weighted by Crippen LogP contribution is 2.29. The van der Waals surface area contributed by atoms with Gasteiger partial charge in [0, 0.05) is 45.3 Å². The number of nitrogens with zero attached hydrogens (tertiary/aromatic N) is 4. The van der Waals surface area contributed by atoms with Gasteiger partial charge in [-0.3, -0.25) is 9.59 Å². The van der Waals surface area contributed by atoms with Gasteiger partial charge in [-0.15, -0.1) is 0 Å². The van der Waals surface area contributed by atoms with E-state index in [2.05, 4.69) is 15.3 Å². The number of rotatable bonds is 7. The minimum absolute atomic E-state index is 0.0147. The second-order valence-electron chi connectivity index (χ2n) is 8.06. The zero-order chi connectivity index (χ0) is 22.5. The van der Waals surface area contributed by atoms with Crippen LogP contribution in [0.3, 0.4) is 0 Å². The summed E-state index contributed by atoms with van der Waals surface area (Å²) >= 11 is 0. The maximum atomic E-state index is 13.0. The predicted molar refractivity (Wildman–Crippen MR) is 115 cm³/mol. The first-order valence-electron chi connectivity index (χ1n) is 10.3. The van der Waals surface area contributed by atoms with E-state index in [1.54, 1.807) is 16.0 Å². The fourth-order valence-electron chi connectivity index (χ4n) is 3.40. The Morgan fingerprint density at radius 2 is 2.00 bits per heavy atom. The van der Waals surface area contributed by atoms with Crippen LogP contribution in [-0.2, 0) is 4.79 Å². The number of nitrogens with one attached hydrogen (secondary N) is 1. The molecular weight excluding hydrogens is 401 g/mol. The number of carbonyl (C=O) groups excluding carboxylic acids is 2. The van der Waals surface area contributed by atoms with Gasteiger partial charge in [0.2, 0.25) is 5.95 Å². The second-order valence-corrected chi connectivity index (χ2v) is 8.06. The first kappa shape index (κ1) is 22.5. The van der Waals surface area contributed by atoms with Gasteiger partial charge in [-0.05, 0) is 44.5 Å². The Hall–Kier alpha value is -3.23. The van der Waals surface area contributed by atoms with Gasteiger partial charge in [0.25, 0.3) is 11.8 Å². The van der Waals surface area contributed by atoms with Crippen LogP contribution >= 0.6 is 0 Å². The highest BCUT2D eigenvalue weighted by Gasteiger charge is 2.32. The van der Waals surface area contributed by atoms with Crippen molar-refractivity contribution in [1.29, 1.82) is 0 Å². The van der Waals surface area contributed by atoms with Gasteiger partial charge in [0.05, 0.1) is 11.3 Å². The summed E-state index contributed by atoms with van der Waals surface area (Å²) in [6.07, 6.45) is 2.24. The molecule has 1 aromatic heterocycles. The van der Waals surface area contributed by atoms with E-state index in [4.69, 9.17) is 4.74 Å². The van der Waals surface area contributed by atoms with Crippen LogP contribution in [0, 0.1) is 5.82 Å². The minimum Gasteiger partial charge on any atom is -0.484 e. The Labute approximate surface area is 181 Å². The van der Waals surface area contributed by atoms with Crippen LogP contribution in [0.15, 0.2) is 30.5 Å². The van der Waals surface area contributed by atoms with Crippen molar-refractivity contribution in [2.24, 2.45) is 0 Å². The van der Waals surface area contributed by atoms with E-state index in [0.717, 1.165) is 0 Å². The largest absolute Gasteiger partial charge is 0.484 e. The molecule has 0 radical (unpaired) electrons. The topological polar surface area (TPSA) is 87.7 Å². The first-order chi connectivity index (χ1) is 14.7. The number of hydrogen-bond donors (Lipinski definition) is 1. The third-order valence-electron chi connectivity index (χ3n) is 4.97. The maximum absolute atomic E-state index is 13.0. The average molecular weight is 429 g/mol. The fourth-order valence-corrected chi connectivity index (χ4v) is 3.40. The van der Waals surface area contributed by atoms with E-state index >= 15 is 0 Å². The van der Waals surface area contributed by atoms with Crippen LogP contribution in [-0.4, -0.2) is 66.5 Å². The lowest BCUT2D eigenvalue weighted by Crippen LogP contribution is -2.34. The summed E-state index contributed by atoms with van der Waals surface area (Å²) in [6, 6.07) is 5.52. The molecule has 1 aliphatic rings. The fraction of sp³-hybridized carbons (Fsp3) is 0.455. The van der Waals surface area contributed by atoms with Gasteiger partial charge >= 0.3 is 0 Å². The quantitative estimate of drug-likeness (QED) is 0.726. The number of likely N-dealkylation sites (tertiary alicyclic amines) is 1. The van der Waals surface area contributed by atoms with Crippen LogP contribution in [0.4, 0.5) is 10.3 Å². The molecule has 0 bridgehead atoms. The third kappa shape index (κ3) is 5.68. The van der Waals surface area contributed by atoms with E-state index in [0.29, 0.717) is 42.5 Å². The van der Waals surface area contributed by atoms with Gasteiger partial charge < -0.3 is 19.9 Å². The third-order valence-corrected chi connectivity index (χ3v) is 4.97. The molecule has 0 aliphatic carbocycles. The first-order valence-corrected chi connectivity index (χ1v) is 10.3. The van der Waals surface area contributed by atoms with Crippen molar-refractivity contribution in [3.8, 4) is 5.75 Å². The molecule has 1 atom stereocenters. The van der Waals surface area contributed by atoms with E-state index < -0.39 is 0 Å². The van der Waals surface area contributed by atoms with Crippen LogP contribution in [0.5, 0.6) is 5.75 Å². The molecule has 1 unspecified atom stereocenters. The molecule has 2 amide bonds. The second kappa shape index (κ2) is 9.72. The molecule has 166 valence electrons. The zero-order valence-corrected chi connectivity index (χ0v) is 18.3. The lowest BCUT2D eigenvalue weighted by Gasteiger charge is -2.20. The van der Waals surface area contributed by atoms with Crippen LogP contribution in [0.1, 0.15) is 42.2 Å². The molecule has 1 fully saturated rings. The monoisotopic (exact) mass is 429 g/mol. The number of hydrogen-bond acceptors (Lipinski definition) is 6. The van der Waals surface area contributed by atoms with Crippen LogP contribution < -0.4 is 15.0 Å². The van der Waals surface area contributed by atoms with Crippen molar-refractivity contribution in [2.75, 3.05) is 38.7 Å². The molecular formula is C22H28FN5O3. The standard InChI is InChI=1S/C22H28FN5O3/c1-14(2)25-21(30)18-11-24-22(27(3)4)26-20(18)15-9-10-28(12-15)19(29)13-31-17-7-5-16(23)6-8-17/h5-8,11,14-15H,9-10,12-13H2,1-4H3,(H,25,30). The molecule has 1 aliphatic heterocycles. The van der Waals surface area contributed by atoms with Gasteiger partial charge in [-0.25, -0.2) is 14.4 Å². The van der Waals surface area contributed by atoms with Gasteiger partial charge in [0.1, 0.15) is 11.6 Å². The van der Waals surface area contributed by atoms with Gasteiger partial charge in [-0.2, -0.15) is 0 Å². The molecule has 1 N–H and O–H groups in total. The van der Waals surface area contributed by atoms with Crippen molar-refractivity contribution in [2.45, 2.75) is 32.2 Å². The number of ether oxygens (including phenoxy) is 1. The van der Waals surface area contributed by atoms with Crippen LogP contribution in [0.2, 0.25) is 0 Å². The molecule has 31 heavy (non-hydrogen) atoms. The average Bonchev–Trinajstić information content (AvgIpc) is 3.22. The lowest BCUT2D eigenvalue weighted by molar-refractivity contribution is -0.132. The van der Waals surface area contributed by atoms with E-state index in [9.17, 15) is 14.0 Å². The number of halogens is 1. The Bertz CT molecular complexity index is 933. The van der Waals surface area contributed by atoms with E-state index in [1.165, 1.54) is 24.3 Å². The zero-order valence-electron chi connectivity index (χ0n) is 18.3. The number of benzene rings is 1. The van der Waals surface area contributed by atoms with Crippen molar-refractivity contribution < 1.29 is 18.7 Å². The molecule has 0 spiro atoms. The molecule has 2 aromatic rings. The Morgan fingerprint density at radius 1 is 1.29 bits per heavy atom. The highest BCUT2D eigenvalue weighted by molar-refractivity contribution is 5.95. The Morgan fingerprint density at radius 3 is 2.65 bits per heavy atom. The van der Waals surface area contributed by atoms with Gasteiger partial charge in [-0.1, -0.05) is 0 Å². The molecule has 1 aromatic carbocycles. The van der Waals surface area contributed by atoms with Gasteiger partial charge in [0.15, 0.2) is 6.61 Å². The van der Waals surface area contributed by atoms with E-state index in [1.807, 2.05) is 27.9 Å². The molecule has 1 saturated heterocycles. The Balaban J connectivity index is 1.71. The SMILES string of the molecule is CC(C)NC(=O)c1cnc(N(C)C)nc1C1CCN(C(=O)COc2ccc(F)cc2)C1. The normalized spacial score (nSPS) is 15.8. The summed E-state index contributed by atoms with van der Waals surface area (Å²) in [5.41, 5.74) is 1.08. The molecule has 9 heteroatoms. The number of anilines is 1. The molecule has 8 nitrogen and oxygen atoms in total. The summed E-state index contributed by atoms with van der Waals surface area (Å²) in [4.78, 5) is 37.7. The Kier molecular flexibility index (Phi) is 7.04. The lowest BCUT2D eigenvalue weighted by atomic mass is 9.99. The van der Waals surface area contributed by atoms with Crippen LogP contribution in [0.25, 0.3) is 0 Å².